The van der Waals surface area contributed by atoms with Gasteiger partial charge >= 0.3 is 0 Å². The SMILES string of the molecule is CCCn1ncnc1CN(CCCl)CC(F)F. The number of aryl methyl sites for hydroxylation is 1. The molecule has 1 rings (SSSR count). The maximum atomic E-state index is 12.4. The molecule has 0 bridgehead atoms. The number of alkyl halides is 3. The van der Waals surface area contributed by atoms with Crippen LogP contribution in [-0.2, 0) is 13.1 Å². The Labute approximate surface area is 105 Å². The molecule has 0 spiro atoms. The molecule has 0 aliphatic rings. The number of nitrogens with zero attached hydrogens (tertiary/aromatic N) is 4. The predicted molar refractivity (Wildman–Crippen MR) is 62.3 cm³/mol. The summed E-state index contributed by atoms with van der Waals surface area (Å²) in [5.74, 6) is 1.03. The van der Waals surface area contributed by atoms with Crippen LogP contribution < -0.4 is 0 Å². The van der Waals surface area contributed by atoms with Crippen molar-refractivity contribution in [3.05, 3.63) is 12.2 Å². The largest absolute Gasteiger partial charge is 0.289 e. The Morgan fingerprint density at radius 1 is 1.53 bits per heavy atom. The van der Waals surface area contributed by atoms with E-state index in [1.54, 1.807) is 9.58 Å². The van der Waals surface area contributed by atoms with Crippen molar-refractivity contribution in [3.63, 3.8) is 0 Å². The molecule has 1 heterocycles. The average Bonchev–Trinajstić information content (AvgIpc) is 2.66. The van der Waals surface area contributed by atoms with Crippen molar-refractivity contribution in [2.45, 2.75) is 32.9 Å². The van der Waals surface area contributed by atoms with Gasteiger partial charge in [-0.2, -0.15) is 5.10 Å². The lowest BCUT2D eigenvalue weighted by molar-refractivity contribution is 0.0859. The van der Waals surface area contributed by atoms with Crippen LogP contribution in [0.25, 0.3) is 0 Å². The van der Waals surface area contributed by atoms with Gasteiger partial charge in [0.2, 0.25) is 0 Å². The molecular formula is C10H17ClF2N4. The van der Waals surface area contributed by atoms with Crippen LogP contribution in [-0.4, -0.2) is 45.1 Å². The first-order valence-corrected chi connectivity index (χ1v) is 6.14. The zero-order valence-electron chi connectivity index (χ0n) is 9.82. The van der Waals surface area contributed by atoms with E-state index in [4.69, 9.17) is 11.6 Å². The summed E-state index contributed by atoms with van der Waals surface area (Å²) < 4.78 is 26.5. The summed E-state index contributed by atoms with van der Waals surface area (Å²) in [5.41, 5.74) is 0. The minimum Gasteiger partial charge on any atom is -0.289 e. The second kappa shape index (κ2) is 7.55. The predicted octanol–water partition coefficient (Wildman–Crippen LogP) is 1.99. The standard InChI is InChI=1S/C10H17ClF2N4/c1-2-4-17-10(14-8-15-17)7-16(5-3-11)6-9(12)13/h8-9H,2-7H2,1H3. The summed E-state index contributed by atoms with van der Waals surface area (Å²) in [4.78, 5) is 5.68. The van der Waals surface area contributed by atoms with E-state index >= 15 is 0 Å². The van der Waals surface area contributed by atoms with E-state index in [0.717, 1.165) is 13.0 Å². The van der Waals surface area contributed by atoms with Crippen LogP contribution in [0.15, 0.2) is 6.33 Å². The van der Waals surface area contributed by atoms with Gasteiger partial charge in [0, 0.05) is 19.0 Å². The third kappa shape index (κ3) is 4.95. The van der Waals surface area contributed by atoms with E-state index in [1.807, 2.05) is 6.92 Å². The van der Waals surface area contributed by atoms with E-state index in [1.165, 1.54) is 6.33 Å². The van der Waals surface area contributed by atoms with Crippen molar-refractivity contribution in [3.8, 4) is 0 Å². The van der Waals surface area contributed by atoms with Gasteiger partial charge in [0.15, 0.2) is 0 Å². The first-order valence-electron chi connectivity index (χ1n) is 5.60. The molecule has 0 unspecified atom stereocenters. The highest BCUT2D eigenvalue weighted by Crippen LogP contribution is 2.05. The number of aromatic nitrogens is 3. The van der Waals surface area contributed by atoms with Gasteiger partial charge in [0.05, 0.1) is 13.1 Å². The number of halogens is 3. The second-order valence-corrected chi connectivity index (χ2v) is 4.09. The normalized spacial score (nSPS) is 11.6. The van der Waals surface area contributed by atoms with Crippen LogP contribution in [0.4, 0.5) is 8.78 Å². The molecule has 0 aliphatic carbocycles. The van der Waals surface area contributed by atoms with Crippen molar-refractivity contribution >= 4 is 11.6 Å². The minimum absolute atomic E-state index is 0.286. The molecule has 0 saturated heterocycles. The monoisotopic (exact) mass is 266 g/mol. The lowest BCUT2D eigenvalue weighted by atomic mass is 10.4. The van der Waals surface area contributed by atoms with E-state index in [0.29, 0.717) is 24.8 Å². The van der Waals surface area contributed by atoms with Crippen LogP contribution in [0, 0.1) is 0 Å². The quantitative estimate of drug-likeness (QED) is 0.675. The highest BCUT2D eigenvalue weighted by molar-refractivity contribution is 6.18. The van der Waals surface area contributed by atoms with Crippen molar-refractivity contribution in [2.24, 2.45) is 0 Å². The number of hydrogen-bond donors (Lipinski definition) is 0. The third-order valence-corrected chi connectivity index (χ3v) is 2.46. The fourth-order valence-corrected chi connectivity index (χ4v) is 1.80. The maximum Gasteiger partial charge on any atom is 0.251 e. The Bertz CT molecular complexity index is 319. The van der Waals surface area contributed by atoms with Crippen molar-refractivity contribution in [2.75, 3.05) is 19.0 Å². The molecule has 0 N–H and O–H groups in total. The summed E-state index contributed by atoms with van der Waals surface area (Å²) in [6, 6.07) is 0. The third-order valence-electron chi connectivity index (χ3n) is 2.29. The van der Waals surface area contributed by atoms with E-state index in [-0.39, 0.29) is 6.54 Å². The average molecular weight is 267 g/mol. The molecule has 7 heteroatoms. The lowest BCUT2D eigenvalue weighted by Crippen LogP contribution is -2.31. The van der Waals surface area contributed by atoms with Crippen molar-refractivity contribution < 1.29 is 8.78 Å². The summed E-state index contributed by atoms with van der Waals surface area (Å²) in [6.45, 7) is 3.27. The summed E-state index contributed by atoms with van der Waals surface area (Å²) in [6.07, 6.45) is 0.0215. The van der Waals surface area contributed by atoms with Gasteiger partial charge in [-0.3, -0.25) is 4.90 Å². The van der Waals surface area contributed by atoms with Crippen LogP contribution >= 0.6 is 11.6 Å². The fourth-order valence-electron chi connectivity index (χ4n) is 1.56. The zero-order valence-corrected chi connectivity index (χ0v) is 10.6. The van der Waals surface area contributed by atoms with Gasteiger partial charge < -0.3 is 0 Å². The maximum absolute atomic E-state index is 12.4. The first-order chi connectivity index (χ1) is 8.17. The van der Waals surface area contributed by atoms with Crippen LogP contribution in [0.2, 0.25) is 0 Å². The molecule has 17 heavy (non-hydrogen) atoms. The van der Waals surface area contributed by atoms with Crippen LogP contribution in [0.3, 0.4) is 0 Å². The van der Waals surface area contributed by atoms with Crippen molar-refractivity contribution in [1.82, 2.24) is 19.7 Å². The Morgan fingerprint density at radius 3 is 2.88 bits per heavy atom. The number of hydrogen-bond acceptors (Lipinski definition) is 3. The molecule has 4 nitrogen and oxygen atoms in total. The Balaban J connectivity index is 2.60. The molecule has 0 fully saturated rings. The molecule has 0 amide bonds. The zero-order chi connectivity index (χ0) is 12.7. The first kappa shape index (κ1) is 14.3. The molecule has 0 saturated carbocycles. The van der Waals surface area contributed by atoms with Crippen LogP contribution in [0.5, 0.6) is 0 Å². The Morgan fingerprint density at radius 2 is 2.29 bits per heavy atom. The van der Waals surface area contributed by atoms with Crippen molar-refractivity contribution in [1.29, 1.82) is 0 Å². The van der Waals surface area contributed by atoms with Gasteiger partial charge in [0.25, 0.3) is 6.43 Å². The second-order valence-electron chi connectivity index (χ2n) is 3.71. The highest BCUT2D eigenvalue weighted by Gasteiger charge is 2.14. The molecular weight excluding hydrogens is 250 g/mol. The van der Waals surface area contributed by atoms with Gasteiger partial charge in [-0.15, -0.1) is 11.6 Å². The molecule has 0 radical (unpaired) electrons. The summed E-state index contributed by atoms with van der Waals surface area (Å²) in [7, 11) is 0. The minimum atomic E-state index is -2.36. The highest BCUT2D eigenvalue weighted by atomic mass is 35.5. The molecule has 0 aromatic carbocycles. The Kier molecular flexibility index (Phi) is 6.36. The Hall–Kier alpha value is -0.750. The molecule has 1 aromatic heterocycles. The molecule has 0 atom stereocenters. The molecule has 98 valence electrons. The summed E-state index contributed by atoms with van der Waals surface area (Å²) >= 11 is 5.59. The van der Waals surface area contributed by atoms with E-state index < -0.39 is 6.43 Å². The molecule has 0 aliphatic heterocycles. The van der Waals surface area contributed by atoms with Gasteiger partial charge in [-0.25, -0.2) is 18.4 Å². The summed E-state index contributed by atoms with van der Waals surface area (Å²) in [5, 5.41) is 4.06. The lowest BCUT2D eigenvalue weighted by Gasteiger charge is -2.20. The number of rotatable bonds is 8. The topological polar surface area (TPSA) is 34.0 Å². The van der Waals surface area contributed by atoms with Gasteiger partial charge in [0.1, 0.15) is 12.2 Å². The van der Waals surface area contributed by atoms with Crippen LogP contribution in [0.1, 0.15) is 19.2 Å². The fraction of sp³-hybridized carbons (Fsp3) is 0.800. The smallest absolute Gasteiger partial charge is 0.251 e. The van der Waals surface area contributed by atoms with E-state index in [2.05, 4.69) is 10.1 Å². The van der Waals surface area contributed by atoms with Gasteiger partial charge in [-0.05, 0) is 6.42 Å². The van der Waals surface area contributed by atoms with E-state index in [9.17, 15) is 8.78 Å². The van der Waals surface area contributed by atoms with Gasteiger partial charge in [-0.1, -0.05) is 6.92 Å². The molecule has 1 aromatic rings.